The number of Topliss-reactive ketones (excluding diaryl/α,β-unsaturated/α-hetero) is 1. The van der Waals surface area contributed by atoms with Crippen LogP contribution in [-0.4, -0.2) is 5.78 Å². The zero-order valence-corrected chi connectivity index (χ0v) is 7.18. The maximum absolute atomic E-state index is 10.8. The summed E-state index contributed by atoms with van der Waals surface area (Å²) in [6.07, 6.45) is 6.50. The molecule has 1 aliphatic carbocycles. The van der Waals surface area contributed by atoms with E-state index in [1.165, 1.54) is 11.1 Å². The molecule has 60 valence electrons. The third-order valence-corrected chi connectivity index (χ3v) is 1.76. The van der Waals surface area contributed by atoms with Gasteiger partial charge in [0, 0.05) is 12.8 Å². The van der Waals surface area contributed by atoms with Gasteiger partial charge >= 0.3 is 0 Å². The summed E-state index contributed by atoms with van der Waals surface area (Å²) in [5.41, 5.74) is 2.63. The lowest BCUT2D eigenvalue weighted by Gasteiger charge is -2.07. The van der Waals surface area contributed by atoms with Crippen LogP contribution < -0.4 is 0 Å². The van der Waals surface area contributed by atoms with Crippen molar-refractivity contribution in [3.05, 3.63) is 23.3 Å². The van der Waals surface area contributed by atoms with Crippen LogP contribution in [0, 0.1) is 0 Å². The molecule has 0 aromatic rings. The summed E-state index contributed by atoms with van der Waals surface area (Å²) in [6.45, 7) is 4.16. The molecule has 0 heterocycles. The first kappa shape index (κ1) is 8.25. The standard InChI is InChI=1S/C10H14O/c1-8(2)7-9-3-5-10(11)6-4-9/h3,7H,4-6H2,1-2H3. The molecule has 0 unspecified atom stereocenters. The normalized spacial score (nSPS) is 17.6. The highest BCUT2D eigenvalue weighted by Crippen LogP contribution is 2.16. The molecule has 0 atom stereocenters. The fourth-order valence-corrected chi connectivity index (χ4v) is 1.23. The predicted molar refractivity (Wildman–Crippen MR) is 46.4 cm³/mol. The maximum atomic E-state index is 10.8. The molecule has 11 heavy (non-hydrogen) atoms. The van der Waals surface area contributed by atoms with E-state index in [0.29, 0.717) is 12.2 Å². The molecular weight excluding hydrogens is 136 g/mol. The summed E-state index contributed by atoms with van der Waals surface area (Å²) < 4.78 is 0. The van der Waals surface area contributed by atoms with Crippen LogP contribution in [-0.2, 0) is 4.79 Å². The molecule has 1 rings (SSSR count). The van der Waals surface area contributed by atoms with Crippen LogP contribution in [0.15, 0.2) is 23.3 Å². The summed E-state index contributed by atoms with van der Waals surface area (Å²) in [6, 6.07) is 0. The zero-order chi connectivity index (χ0) is 8.27. The second-order valence-electron chi connectivity index (χ2n) is 3.24. The first-order valence-electron chi connectivity index (χ1n) is 4.04. The van der Waals surface area contributed by atoms with Crippen molar-refractivity contribution in [2.24, 2.45) is 0 Å². The fourth-order valence-electron chi connectivity index (χ4n) is 1.23. The second-order valence-corrected chi connectivity index (χ2v) is 3.24. The number of hydrogen-bond acceptors (Lipinski definition) is 1. The number of rotatable bonds is 1. The minimum Gasteiger partial charge on any atom is -0.299 e. The molecule has 0 aliphatic heterocycles. The van der Waals surface area contributed by atoms with Gasteiger partial charge in [-0.1, -0.05) is 23.3 Å². The molecule has 0 amide bonds. The monoisotopic (exact) mass is 150 g/mol. The molecule has 1 aliphatic rings. The van der Waals surface area contributed by atoms with Gasteiger partial charge in [-0.25, -0.2) is 0 Å². The Labute approximate surface area is 67.8 Å². The van der Waals surface area contributed by atoms with Gasteiger partial charge in [0.15, 0.2) is 0 Å². The summed E-state index contributed by atoms with van der Waals surface area (Å²) in [5.74, 6) is 0.371. The minimum atomic E-state index is 0.371. The number of ketones is 1. The van der Waals surface area contributed by atoms with Crippen molar-refractivity contribution >= 4 is 5.78 Å². The van der Waals surface area contributed by atoms with E-state index in [2.05, 4.69) is 19.9 Å². The summed E-state index contributed by atoms with van der Waals surface area (Å²) >= 11 is 0. The van der Waals surface area contributed by atoms with E-state index in [0.717, 1.165) is 12.8 Å². The SMILES string of the molecule is CC(C)=CC1=CCC(=O)CC1. The highest BCUT2D eigenvalue weighted by Gasteiger charge is 2.07. The van der Waals surface area contributed by atoms with E-state index in [4.69, 9.17) is 0 Å². The van der Waals surface area contributed by atoms with Gasteiger partial charge in [0.1, 0.15) is 5.78 Å². The van der Waals surface area contributed by atoms with Gasteiger partial charge in [0.2, 0.25) is 0 Å². The lowest BCUT2D eigenvalue weighted by molar-refractivity contribution is -0.118. The van der Waals surface area contributed by atoms with Gasteiger partial charge < -0.3 is 0 Å². The molecule has 0 aromatic carbocycles. The van der Waals surface area contributed by atoms with Crippen LogP contribution in [0.25, 0.3) is 0 Å². The Morgan fingerprint density at radius 3 is 2.64 bits per heavy atom. The van der Waals surface area contributed by atoms with E-state index in [9.17, 15) is 4.79 Å². The lowest BCUT2D eigenvalue weighted by atomic mass is 9.97. The summed E-state index contributed by atoms with van der Waals surface area (Å²) in [7, 11) is 0. The van der Waals surface area contributed by atoms with Crippen molar-refractivity contribution in [3.63, 3.8) is 0 Å². The van der Waals surface area contributed by atoms with Gasteiger partial charge in [0.05, 0.1) is 0 Å². The Hall–Kier alpha value is -0.850. The quantitative estimate of drug-likeness (QED) is 0.561. The highest BCUT2D eigenvalue weighted by atomic mass is 16.1. The highest BCUT2D eigenvalue weighted by molar-refractivity contribution is 5.81. The van der Waals surface area contributed by atoms with Gasteiger partial charge in [-0.05, 0) is 20.3 Å². The van der Waals surface area contributed by atoms with E-state index in [-0.39, 0.29) is 0 Å². The number of hydrogen-bond donors (Lipinski definition) is 0. The third kappa shape index (κ3) is 2.71. The molecular formula is C10H14O. The first-order chi connectivity index (χ1) is 5.18. The lowest BCUT2D eigenvalue weighted by Crippen LogP contribution is -2.02. The Bertz CT molecular complexity index is 217. The molecule has 0 saturated carbocycles. The summed E-state index contributed by atoms with van der Waals surface area (Å²) in [5, 5.41) is 0. The van der Waals surface area contributed by atoms with E-state index >= 15 is 0 Å². The maximum Gasteiger partial charge on any atom is 0.137 e. The smallest absolute Gasteiger partial charge is 0.137 e. The largest absolute Gasteiger partial charge is 0.299 e. The van der Waals surface area contributed by atoms with Gasteiger partial charge in [-0.15, -0.1) is 0 Å². The van der Waals surface area contributed by atoms with E-state index in [1.807, 2.05) is 6.08 Å². The van der Waals surface area contributed by atoms with Crippen LogP contribution in [0.5, 0.6) is 0 Å². The van der Waals surface area contributed by atoms with Gasteiger partial charge in [-0.3, -0.25) is 4.79 Å². The van der Waals surface area contributed by atoms with Crippen molar-refractivity contribution in [2.75, 3.05) is 0 Å². The van der Waals surface area contributed by atoms with Crippen LogP contribution >= 0.6 is 0 Å². The second kappa shape index (κ2) is 3.51. The summed E-state index contributed by atoms with van der Waals surface area (Å²) in [4.78, 5) is 10.8. The first-order valence-corrected chi connectivity index (χ1v) is 4.04. The molecule has 0 fully saturated rings. The number of allylic oxidation sites excluding steroid dienone is 4. The molecule has 0 N–H and O–H groups in total. The Morgan fingerprint density at radius 2 is 2.18 bits per heavy atom. The number of carbonyl (C=O) groups excluding carboxylic acids is 1. The van der Waals surface area contributed by atoms with Crippen LogP contribution in [0.4, 0.5) is 0 Å². The third-order valence-electron chi connectivity index (χ3n) is 1.76. The fraction of sp³-hybridized carbons (Fsp3) is 0.500. The van der Waals surface area contributed by atoms with Crippen LogP contribution in [0.3, 0.4) is 0 Å². The Balaban J connectivity index is 2.62. The molecule has 0 saturated heterocycles. The Morgan fingerprint density at radius 1 is 1.45 bits per heavy atom. The van der Waals surface area contributed by atoms with Crippen molar-refractivity contribution in [1.82, 2.24) is 0 Å². The average molecular weight is 150 g/mol. The number of carbonyl (C=O) groups is 1. The molecule has 1 nitrogen and oxygen atoms in total. The van der Waals surface area contributed by atoms with Gasteiger partial charge in [0.25, 0.3) is 0 Å². The minimum absolute atomic E-state index is 0.371. The van der Waals surface area contributed by atoms with Crippen molar-refractivity contribution in [2.45, 2.75) is 33.1 Å². The molecule has 0 spiro atoms. The molecule has 0 bridgehead atoms. The zero-order valence-electron chi connectivity index (χ0n) is 7.18. The van der Waals surface area contributed by atoms with Gasteiger partial charge in [-0.2, -0.15) is 0 Å². The molecule has 1 heteroatoms. The van der Waals surface area contributed by atoms with Crippen molar-refractivity contribution < 1.29 is 4.79 Å². The molecule has 0 aromatic heterocycles. The predicted octanol–water partition coefficient (Wildman–Crippen LogP) is 2.63. The van der Waals surface area contributed by atoms with E-state index in [1.54, 1.807) is 0 Å². The van der Waals surface area contributed by atoms with E-state index < -0.39 is 0 Å². The topological polar surface area (TPSA) is 17.1 Å². The average Bonchev–Trinajstić information content (AvgIpc) is 1.93. The van der Waals surface area contributed by atoms with Crippen molar-refractivity contribution in [1.29, 1.82) is 0 Å². The van der Waals surface area contributed by atoms with Crippen LogP contribution in [0.1, 0.15) is 33.1 Å². The van der Waals surface area contributed by atoms with Crippen LogP contribution in [0.2, 0.25) is 0 Å². The Kier molecular flexibility index (Phi) is 2.64. The van der Waals surface area contributed by atoms with Crippen molar-refractivity contribution in [3.8, 4) is 0 Å². The molecule has 0 radical (unpaired) electrons.